The van der Waals surface area contributed by atoms with Crippen molar-refractivity contribution in [3.8, 4) is 0 Å². The molecule has 0 spiro atoms. The summed E-state index contributed by atoms with van der Waals surface area (Å²) < 4.78 is 18.0. The number of rotatable bonds is 17. The number of nitrogens with two attached hydrogens (primary N) is 1. The highest BCUT2D eigenvalue weighted by Gasteiger charge is 2.54. The fraction of sp³-hybridized carbons (Fsp3) is 0.256. The molecule has 1 unspecified atom stereocenters. The van der Waals surface area contributed by atoms with Crippen molar-refractivity contribution in [2.45, 2.75) is 23.9 Å². The monoisotopic (exact) mass is 799 g/mol. The van der Waals surface area contributed by atoms with Crippen LogP contribution in [0.2, 0.25) is 0 Å². The molecule has 14 nitrogen and oxygen atoms in total. The van der Waals surface area contributed by atoms with Gasteiger partial charge < -0.3 is 30.8 Å². The van der Waals surface area contributed by atoms with Crippen LogP contribution in [-0.4, -0.2) is 104 Å². The number of carboxylic acid groups (broad SMARTS) is 1. The zero-order valence-electron chi connectivity index (χ0n) is 30.5. The van der Waals surface area contributed by atoms with Crippen molar-refractivity contribution in [3.05, 3.63) is 137 Å². The lowest BCUT2D eigenvalue weighted by molar-refractivity contribution is -0.894. The van der Waals surface area contributed by atoms with E-state index >= 15 is 0 Å². The van der Waals surface area contributed by atoms with Crippen molar-refractivity contribution in [2.75, 3.05) is 44.6 Å². The van der Waals surface area contributed by atoms with Crippen molar-refractivity contribution < 1.29 is 38.0 Å². The molecule has 3 heterocycles. The lowest BCUT2D eigenvalue weighted by Crippen LogP contribution is -2.71. The topological polar surface area (TPSA) is 189 Å². The van der Waals surface area contributed by atoms with E-state index in [1.165, 1.54) is 11.8 Å². The number of oxime groups is 1. The summed E-state index contributed by atoms with van der Waals surface area (Å²) in [5, 5.41) is 19.6. The maximum Gasteiger partial charge on any atom is 0.352 e. The van der Waals surface area contributed by atoms with Crippen molar-refractivity contribution >= 4 is 57.8 Å². The second-order valence-electron chi connectivity index (χ2n) is 13.3. The number of amides is 3. The van der Waals surface area contributed by atoms with Crippen LogP contribution < -0.4 is 16.4 Å². The number of carboxylic acids is 1. The number of likely N-dealkylation sites (N-methyl/N-ethyl adjacent to an activating group) is 1. The molecule has 3 atom stereocenters. The van der Waals surface area contributed by atoms with Crippen LogP contribution in [0.1, 0.15) is 29.4 Å². The number of primary amides is 1. The smallest absolute Gasteiger partial charge is 0.352 e. The fourth-order valence-corrected chi connectivity index (χ4v) is 8.64. The first-order chi connectivity index (χ1) is 27.0. The predicted molar refractivity (Wildman–Crippen MR) is 211 cm³/mol. The van der Waals surface area contributed by atoms with Gasteiger partial charge in [-0.25, -0.2) is 9.18 Å². The molecule has 0 saturated carbocycles. The molecule has 2 aliphatic rings. The number of hydrogen-bond donors (Lipinski definition) is 4. The van der Waals surface area contributed by atoms with Gasteiger partial charge in [-0.2, -0.15) is 9.36 Å². The van der Waals surface area contributed by atoms with Gasteiger partial charge in [-0.15, -0.1) is 11.8 Å². The van der Waals surface area contributed by atoms with Crippen molar-refractivity contribution in [1.29, 1.82) is 0 Å². The minimum atomic E-state index is -1.35. The zero-order chi connectivity index (χ0) is 39.9. The number of hydrogen-bond acceptors (Lipinski definition) is 11. The van der Waals surface area contributed by atoms with Crippen LogP contribution in [0.4, 0.5) is 9.52 Å². The zero-order valence-corrected chi connectivity index (χ0v) is 32.1. The van der Waals surface area contributed by atoms with E-state index in [4.69, 9.17) is 5.73 Å². The Labute approximate surface area is 330 Å². The Balaban J connectivity index is 1.24. The number of benzene rings is 3. The molecule has 1 fully saturated rings. The molecule has 0 bridgehead atoms. The second-order valence-corrected chi connectivity index (χ2v) is 15.1. The number of alkyl halides is 1. The molecule has 3 aromatic carbocycles. The molecule has 6 rings (SSSR count). The van der Waals surface area contributed by atoms with E-state index in [1.54, 1.807) is 12.2 Å². The minimum absolute atomic E-state index is 0.111. The van der Waals surface area contributed by atoms with Gasteiger partial charge in [0.15, 0.2) is 6.54 Å². The first-order valence-corrected chi connectivity index (χ1v) is 19.4. The number of aromatic nitrogens is 2. The third kappa shape index (κ3) is 8.19. The molecule has 290 valence electrons. The molecule has 56 heavy (non-hydrogen) atoms. The van der Waals surface area contributed by atoms with Gasteiger partial charge in [-0.3, -0.25) is 19.3 Å². The fourth-order valence-electron chi connectivity index (χ4n) is 6.70. The predicted octanol–water partition coefficient (Wildman–Crippen LogP) is 3.84. The van der Waals surface area contributed by atoms with E-state index in [2.05, 4.69) is 30.0 Å². The van der Waals surface area contributed by atoms with Crippen molar-refractivity contribution in [2.24, 2.45) is 10.9 Å². The van der Waals surface area contributed by atoms with Gasteiger partial charge in [0.25, 0.3) is 24.6 Å². The van der Waals surface area contributed by atoms with E-state index in [-0.39, 0.29) is 23.8 Å². The SMILES string of the molecule is CC[N+](C)(C/C=C/C1=C(C(=O)O)N2C(=O)[C@@H](NC(=O)/C(=N\OCF)c3nsc(NC(c4ccccc4)(c4ccccc4)c4ccccc4)n3)[C@H]2SC1)CC(N)=O. The first-order valence-electron chi connectivity index (χ1n) is 17.6. The summed E-state index contributed by atoms with van der Waals surface area (Å²) in [5.41, 5.74) is 6.87. The number of nitrogens with one attached hydrogen (secondary N) is 2. The number of aliphatic carboxylic acids is 1. The van der Waals surface area contributed by atoms with Crippen molar-refractivity contribution in [3.63, 3.8) is 0 Å². The number of β-lactam (4-membered cyclic amide) rings is 1. The second kappa shape index (κ2) is 17.3. The average molecular weight is 800 g/mol. The lowest BCUT2D eigenvalue weighted by atomic mass is 9.77. The van der Waals surface area contributed by atoms with Crippen molar-refractivity contribution in [1.82, 2.24) is 19.6 Å². The highest BCUT2D eigenvalue weighted by Crippen LogP contribution is 2.42. The summed E-state index contributed by atoms with van der Waals surface area (Å²) in [6.45, 7) is 1.71. The van der Waals surface area contributed by atoms with Gasteiger partial charge in [0.2, 0.25) is 16.7 Å². The van der Waals surface area contributed by atoms with Crippen LogP contribution >= 0.6 is 23.3 Å². The van der Waals surface area contributed by atoms with Crippen LogP contribution in [0.5, 0.6) is 0 Å². The van der Waals surface area contributed by atoms with E-state index in [9.17, 15) is 28.7 Å². The summed E-state index contributed by atoms with van der Waals surface area (Å²) in [4.78, 5) is 61.6. The lowest BCUT2D eigenvalue weighted by Gasteiger charge is -2.49. The molecule has 2 aliphatic heterocycles. The van der Waals surface area contributed by atoms with E-state index in [0.717, 1.165) is 33.1 Å². The number of allylic oxidation sites excluding steroid dienone is 1. The highest BCUT2D eigenvalue weighted by molar-refractivity contribution is 8.00. The Kier molecular flexibility index (Phi) is 12.3. The summed E-state index contributed by atoms with van der Waals surface area (Å²) in [6, 6.07) is 28.2. The maximum absolute atomic E-state index is 13.8. The summed E-state index contributed by atoms with van der Waals surface area (Å²) >= 11 is 2.22. The molecule has 4 aromatic rings. The highest BCUT2D eigenvalue weighted by atomic mass is 32.2. The molecule has 0 aliphatic carbocycles. The van der Waals surface area contributed by atoms with E-state index in [0.29, 0.717) is 28.3 Å². The number of fused-ring (bicyclic) bond motifs is 1. The Hall–Kier alpha value is -5.91. The summed E-state index contributed by atoms with van der Waals surface area (Å²) in [6.07, 6.45) is 3.40. The molecular weight excluding hydrogens is 760 g/mol. The maximum atomic E-state index is 13.8. The van der Waals surface area contributed by atoms with E-state index in [1.807, 2.05) is 105 Å². The third-order valence-corrected chi connectivity index (χ3v) is 11.6. The minimum Gasteiger partial charge on any atom is -0.477 e. The number of anilines is 1. The largest absolute Gasteiger partial charge is 0.477 e. The van der Waals surface area contributed by atoms with Crippen LogP contribution in [0, 0.1) is 0 Å². The number of quaternary nitrogens is 1. The quantitative estimate of drug-likeness (QED) is 0.0402. The van der Waals surface area contributed by atoms with Crippen LogP contribution in [0.3, 0.4) is 0 Å². The first kappa shape index (κ1) is 39.8. The standard InChI is InChI=1S/C39H39FN8O6S2/c1-3-48(2,22-29(41)49)21-13-14-25-23-55-36-31(35(51)47(36)32(25)37(52)53)42-34(50)30(45-54-24-40)33-43-38(56-46-33)44-39(26-15-7-4-8-16-26,27-17-9-5-10-18-27)28-19-11-6-12-20-28/h4-20,31,36H,3,21-24H2,1-2H3,(H4-,41,42,43,44,46,49,50,52,53)/p+1/b14-13+,45-30-/t31-,36-,48?/m1/s1. The van der Waals surface area contributed by atoms with E-state index < -0.39 is 53.2 Å². The Morgan fingerprint density at radius 3 is 2.16 bits per heavy atom. The number of halogens is 1. The number of nitrogens with zero attached hydrogens (tertiary/aromatic N) is 5. The molecule has 3 amide bonds. The number of carbonyl (C=O) groups excluding carboxylic acids is 3. The van der Waals surface area contributed by atoms with Gasteiger partial charge in [0, 0.05) is 17.3 Å². The molecule has 0 radical (unpaired) electrons. The number of thioether (sulfide) groups is 1. The molecular formula is C39H40FN8O6S2+. The van der Waals surface area contributed by atoms with Crippen LogP contribution in [0.15, 0.2) is 120 Å². The van der Waals surface area contributed by atoms with Crippen LogP contribution in [-0.2, 0) is 29.6 Å². The van der Waals surface area contributed by atoms with Gasteiger partial charge >= 0.3 is 5.97 Å². The average Bonchev–Trinajstić information content (AvgIpc) is 3.67. The normalized spacial score (nSPS) is 18.2. The Bertz CT molecular complexity index is 2070. The number of carbonyl (C=O) groups is 4. The Morgan fingerprint density at radius 2 is 1.64 bits per heavy atom. The Morgan fingerprint density at radius 1 is 1.05 bits per heavy atom. The van der Waals surface area contributed by atoms with Gasteiger partial charge in [0.1, 0.15) is 22.7 Å². The summed E-state index contributed by atoms with van der Waals surface area (Å²) in [7, 11) is 1.86. The van der Waals surface area contributed by atoms with Gasteiger partial charge in [-0.05, 0) is 35.3 Å². The molecule has 1 saturated heterocycles. The molecule has 17 heteroatoms. The van der Waals surface area contributed by atoms with Gasteiger partial charge in [-0.1, -0.05) is 102 Å². The van der Waals surface area contributed by atoms with Crippen LogP contribution in [0.25, 0.3) is 0 Å². The molecule has 1 aromatic heterocycles. The third-order valence-electron chi connectivity index (χ3n) is 9.63. The van der Waals surface area contributed by atoms with Gasteiger partial charge in [0.05, 0.1) is 20.1 Å². The molecule has 5 N–H and O–H groups in total. The summed E-state index contributed by atoms with van der Waals surface area (Å²) in [5.74, 6) is -3.28.